The third-order valence-electron chi connectivity index (χ3n) is 3.77. The Balaban J connectivity index is 2.55. The highest BCUT2D eigenvalue weighted by molar-refractivity contribution is 7.90. The zero-order valence-corrected chi connectivity index (χ0v) is 12.9. The van der Waals surface area contributed by atoms with Gasteiger partial charge in [0.25, 0.3) is 10.0 Å². The standard InChI is InChI=1S/C13H21N2O4S/c1-18-12-5-4-11(10-13(12)19-2)15(20(3,16)17)8-6-14-7-9-15/h4-5,10,14H,6-9H2,1-3H3/q+1. The zero-order chi connectivity index (χ0) is 14.8. The Hall–Kier alpha value is -1.31. The molecule has 1 aliphatic rings. The molecule has 0 atom stereocenters. The maximum atomic E-state index is 12.3. The summed E-state index contributed by atoms with van der Waals surface area (Å²) >= 11 is 0. The number of hydrogen-bond acceptors (Lipinski definition) is 5. The van der Waals surface area contributed by atoms with Crippen LogP contribution in [0, 0.1) is 0 Å². The fourth-order valence-corrected chi connectivity index (χ4v) is 3.96. The molecule has 0 saturated carbocycles. The van der Waals surface area contributed by atoms with Crippen LogP contribution in [0.1, 0.15) is 0 Å². The number of piperazine rings is 1. The van der Waals surface area contributed by atoms with E-state index < -0.39 is 10.0 Å². The van der Waals surface area contributed by atoms with E-state index in [9.17, 15) is 8.42 Å². The van der Waals surface area contributed by atoms with Crippen molar-refractivity contribution in [3.63, 3.8) is 0 Å². The maximum Gasteiger partial charge on any atom is 0.299 e. The molecule has 2 rings (SSSR count). The van der Waals surface area contributed by atoms with Gasteiger partial charge in [-0.25, -0.2) is 0 Å². The number of ether oxygens (including phenoxy) is 2. The monoisotopic (exact) mass is 301 g/mol. The lowest BCUT2D eigenvalue weighted by atomic mass is 10.2. The molecule has 1 aromatic rings. The van der Waals surface area contributed by atoms with Gasteiger partial charge in [-0.1, -0.05) is 0 Å². The summed E-state index contributed by atoms with van der Waals surface area (Å²) in [7, 11) is -0.179. The fourth-order valence-electron chi connectivity index (χ4n) is 2.62. The third-order valence-corrected chi connectivity index (χ3v) is 5.62. The molecule has 7 heteroatoms. The predicted molar refractivity (Wildman–Crippen MR) is 78.8 cm³/mol. The van der Waals surface area contributed by atoms with Crippen LogP contribution in [0.15, 0.2) is 18.2 Å². The summed E-state index contributed by atoms with van der Waals surface area (Å²) in [5.41, 5.74) is 0.714. The van der Waals surface area contributed by atoms with Crippen LogP contribution in [-0.2, 0) is 10.0 Å². The van der Waals surface area contributed by atoms with Crippen molar-refractivity contribution < 1.29 is 17.9 Å². The maximum absolute atomic E-state index is 12.3. The van der Waals surface area contributed by atoms with E-state index in [1.54, 1.807) is 32.4 Å². The first kappa shape index (κ1) is 15.1. The second kappa shape index (κ2) is 5.59. The second-order valence-corrected chi connectivity index (χ2v) is 7.02. The van der Waals surface area contributed by atoms with Gasteiger partial charge in [0, 0.05) is 25.2 Å². The summed E-state index contributed by atoms with van der Waals surface area (Å²) in [5, 5.41) is 3.20. The summed E-state index contributed by atoms with van der Waals surface area (Å²) in [6, 6.07) is 5.31. The highest BCUT2D eigenvalue weighted by atomic mass is 32.2. The van der Waals surface area contributed by atoms with Crippen molar-refractivity contribution in [2.75, 3.05) is 46.7 Å². The minimum atomic E-state index is -3.28. The minimum Gasteiger partial charge on any atom is -0.493 e. The Morgan fingerprint density at radius 1 is 1.10 bits per heavy atom. The average molecular weight is 301 g/mol. The summed E-state index contributed by atoms with van der Waals surface area (Å²) < 4.78 is 35.1. The number of benzene rings is 1. The number of quaternary nitrogens is 1. The topological polar surface area (TPSA) is 64.6 Å². The smallest absolute Gasteiger partial charge is 0.299 e. The Morgan fingerprint density at radius 2 is 1.70 bits per heavy atom. The van der Waals surface area contributed by atoms with E-state index in [1.807, 2.05) is 0 Å². The molecule has 1 aromatic carbocycles. The number of hydrogen-bond donors (Lipinski definition) is 1. The molecule has 0 unspecified atom stereocenters. The molecule has 0 radical (unpaired) electrons. The molecule has 112 valence electrons. The van der Waals surface area contributed by atoms with Crippen LogP contribution in [0.4, 0.5) is 5.69 Å². The number of nitrogens with one attached hydrogen (secondary N) is 1. The molecule has 1 heterocycles. The third kappa shape index (κ3) is 2.48. The lowest BCUT2D eigenvalue weighted by molar-refractivity contribution is 0.344. The van der Waals surface area contributed by atoms with Crippen LogP contribution in [0.25, 0.3) is 0 Å². The molecule has 0 spiro atoms. The van der Waals surface area contributed by atoms with Crippen molar-refractivity contribution in [1.82, 2.24) is 9.21 Å². The van der Waals surface area contributed by atoms with E-state index in [1.165, 1.54) is 6.26 Å². The lowest BCUT2D eigenvalue weighted by Gasteiger charge is -2.38. The summed E-state index contributed by atoms with van der Waals surface area (Å²) in [6.45, 7) is 2.35. The number of nitrogens with zero attached hydrogens (tertiary/aromatic N) is 1. The van der Waals surface area contributed by atoms with Gasteiger partial charge >= 0.3 is 0 Å². The van der Waals surface area contributed by atoms with Gasteiger partial charge in [-0.05, 0) is 6.07 Å². The summed E-state index contributed by atoms with van der Waals surface area (Å²) in [6.07, 6.45) is 1.29. The molecule has 20 heavy (non-hydrogen) atoms. The number of rotatable bonds is 4. The van der Waals surface area contributed by atoms with Gasteiger partial charge in [-0.2, -0.15) is 12.3 Å². The molecule has 1 saturated heterocycles. The first-order chi connectivity index (χ1) is 9.44. The van der Waals surface area contributed by atoms with Crippen LogP contribution in [0.3, 0.4) is 0 Å². The van der Waals surface area contributed by atoms with Crippen LogP contribution in [-0.4, -0.2) is 55.1 Å². The molecular weight excluding hydrogens is 280 g/mol. The highest BCUT2D eigenvalue weighted by Gasteiger charge is 2.42. The van der Waals surface area contributed by atoms with E-state index >= 15 is 0 Å². The van der Waals surface area contributed by atoms with Gasteiger partial charge < -0.3 is 14.8 Å². The predicted octanol–water partition coefficient (Wildman–Crippen LogP) is 0.574. The quantitative estimate of drug-likeness (QED) is 0.824. The van der Waals surface area contributed by atoms with Crippen LogP contribution >= 0.6 is 0 Å². The van der Waals surface area contributed by atoms with E-state index in [2.05, 4.69) is 5.32 Å². The molecule has 0 amide bonds. The fraction of sp³-hybridized carbons (Fsp3) is 0.538. The molecule has 0 aliphatic carbocycles. The van der Waals surface area contributed by atoms with Crippen molar-refractivity contribution in [3.8, 4) is 11.5 Å². The van der Waals surface area contributed by atoms with Crippen LogP contribution < -0.4 is 18.7 Å². The molecule has 1 N–H and O–H groups in total. The molecule has 0 aromatic heterocycles. The van der Waals surface area contributed by atoms with Gasteiger partial charge in [0.1, 0.15) is 13.1 Å². The van der Waals surface area contributed by atoms with Gasteiger partial charge in [-0.15, -0.1) is 0 Å². The van der Waals surface area contributed by atoms with Crippen molar-refractivity contribution >= 4 is 15.7 Å². The SMILES string of the molecule is COc1ccc([N+]2(S(C)(=O)=O)CCNCC2)cc1OC. The van der Waals surface area contributed by atoms with E-state index in [4.69, 9.17) is 9.47 Å². The van der Waals surface area contributed by atoms with Crippen molar-refractivity contribution in [2.24, 2.45) is 0 Å². The Morgan fingerprint density at radius 3 is 2.20 bits per heavy atom. The highest BCUT2D eigenvalue weighted by Crippen LogP contribution is 2.36. The Bertz CT molecular complexity index is 580. The second-order valence-electron chi connectivity index (χ2n) is 4.86. The van der Waals surface area contributed by atoms with Crippen molar-refractivity contribution in [1.29, 1.82) is 0 Å². The normalized spacial score (nSPS) is 18.6. The molecule has 6 nitrogen and oxygen atoms in total. The van der Waals surface area contributed by atoms with E-state index in [-0.39, 0.29) is 3.89 Å². The van der Waals surface area contributed by atoms with Crippen molar-refractivity contribution in [3.05, 3.63) is 18.2 Å². The number of methoxy groups -OCH3 is 2. The van der Waals surface area contributed by atoms with Crippen LogP contribution in [0.2, 0.25) is 0 Å². The van der Waals surface area contributed by atoms with Gasteiger partial charge in [0.2, 0.25) is 0 Å². The van der Waals surface area contributed by atoms with E-state index in [0.29, 0.717) is 43.4 Å². The summed E-state index contributed by atoms with van der Waals surface area (Å²) in [5.74, 6) is 1.14. The number of sulfonamides is 1. The largest absolute Gasteiger partial charge is 0.493 e. The first-order valence-corrected chi connectivity index (χ1v) is 8.30. The Labute approximate surface area is 119 Å². The van der Waals surface area contributed by atoms with E-state index in [0.717, 1.165) is 0 Å². The molecule has 1 fully saturated rings. The molecule has 1 aliphatic heterocycles. The lowest BCUT2D eigenvalue weighted by Crippen LogP contribution is -2.62. The minimum absolute atomic E-state index is 0.0552. The van der Waals surface area contributed by atoms with Crippen molar-refractivity contribution in [2.45, 2.75) is 0 Å². The average Bonchev–Trinajstić information content (AvgIpc) is 2.46. The molecule has 0 bridgehead atoms. The first-order valence-electron chi connectivity index (χ1n) is 6.45. The molecular formula is C13H21N2O4S+. The van der Waals surface area contributed by atoms with Gasteiger partial charge in [0.15, 0.2) is 17.2 Å². The van der Waals surface area contributed by atoms with Gasteiger partial charge in [0.05, 0.1) is 20.5 Å². The Kier molecular flexibility index (Phi) is 4.22. The summed E-state index contributed by atoms with van der Waals surface area (Å²) in [4.78, 5) is 0. The zero-order valence-electron chi connectivity index (χ0n) is 12.0. The van der Waals surface area contributed by atoms with Gasteiger partial charge in [-0.3, -0.25) is 0 Å². The van der Waals surface area contributed by atoms with Crippen LogP contribution in [0.5, 0.6) is 11.5 Å².